The number of aliphatic carboxylic acids is 1. The van der Waals surface area contributed by atoms with Gasteiger partial charge in [0.05, 0.1) is 114 Å². The van der Waals surface area contributed by atoms with Gasteiger partial charge in [0.2, 0.25) is 0 Å². The lowest BCUT2D eigenvalue weighted by atomic mass is 9.82. The SMILES string of the molecule is CCCC(CC(=O)O)c1c(O)c2ccccc2oc1=O.CCCC(CC(=O)OC)c1c(O)c2ccccc2oc1=O.CCCC(CC(=O)OCC)c1c(O)c2ccccc2oc1=O.CCCOC(=O)CC(CCC)c1c(O)c2ccccc2oc1=O.CCCOC(=O)CC(c1c(O)c2ccccc2oc1=O)C1CCCC1. The number of rotatable bonds is 29. The Bertz CT molecular complexity index is 5110. The molecule has 5 heterocycles. The lowest BCUT2D eigenvalue weighted by molar-refractivity contribution is -0.145. The van der Waals surface area contributed by atoms with Gasteiger partial charge in [0, 0.05) is 29.6 Å². The number of methoxy groups -OCH3 is 1. The second kappa shape index (κ2) is 43.0. The number of para-hydroxylation sites is 5. The van der Waals surface area contributed by atoms with Gasteiger partial charge < -0.3 is 71.7 Å². The minimum atomic E-state index is -1.00. The Hall–Kier alpha value is -11.5. The number of carbonyl (C=O) groups excluding carboxylic acids is 4. The molecule has 0 saturated heterocycles. The fourth-order valence-corrected chi connectivity index (χ4v) is 14.0. The molecule has 5 aromatic heterocycles. The Labute approximate surface area is 640 Å². The summed E-state index contributed by atoms with van der Waals surface area (Å²) in [6, 6.07) is 33.9. The minimum absolute atomic E-state index is 0.0427. The summed E-state index contributed by atoms with van der Waals surface area (Å²) in [5, 5.41) is 63.7. The van der Waals surface area contributed by atoms with Crippen LogP contribution in [0, 0.1) is 5.92 Å². The average Bonchev–Trinajstić information content (AvgIpc) is 0.961. The summed E-state index contributed by atoms with van der Waals surface area (Å²) in [6.45, 7) is 14.4. The average molecular weight is 1530 g/mol. The van der Waals surface area contributed by atoms with Crippen LogP contribution in [0.4, 0.5) is 0 Å². The summed E-state index contributed by atoms with van der Waals surface area (Å²) in [6.07, 6.45) is 10.9. The minimum Gasteiger partial charge on any atom is -0.507 e. The number of carboxylic acids is 1. The first-order valence-corrected chi connectivity index (χ1v) is 37.9. The van der Waals surface area contributed by atoms with Crippen molar-refractivity contribution in [3.8, 4) is 28.7 Å². The standard InChI is InChI=1S/C20H24O5.C18H22O5.C17H20O5.C16H18O5.C15H16O5/c1-2-11-24-17(21)12-15(13-7-3-4-8-13)18-19(22)14-9-5-6-10-16(14)25-20(18)23;1-3-7-12(11-15(19)22-10-4-2)16-17(20)13-8-5-6-9-14(13)23-18(16)21;1-3-7-11(10-14(18)21-4-2)15-16(19)12-8-5-6-9-13(12)22-17(15)20;1-3-6-10(9-13(17)20-2)14-15(18)11-7-4-5-8-12(11)21-16(14)19;1-2-5-9(8-12(16)17)13-14(18)10-6-3-4-7-11(10)20-15(13)19/h5-6,9-10,13,15,22H,2-4,7-8,11-12H2,1H3;5-6,8-9,12,20H,3-4,7,10-11H2,1-2H3;5-6,8-9,11,19H,3-4,7,10H2,1-2H3;4-5,7-8,10,18H,3,6,9H2,1-2H3;3-4,6-7,9,18H,2,5,8H2,1H3,(H,16,17). The van der Waals surface area contributed by atoms with Gasteiger partial charge in [-0.15, -0.1) is 0 Å². The van der Waals surface area contributed by atoms with Crippen LogP contribution in [0.2, 0.25) is 0 Å². The topological polar surface area (TPSA) is 395 Å². The largest absolute Gasteiger partial charge is 0.507 e. The fourth-order valence-electron chi connectivity index (χ4n) is 14.0. The molecule has 25 heteroatoms. The molecule has 1 aliphatic carbocycles. The van der Waals surface area contributed by atoms with Gasteiger partial charge in [-0.25, -0.2) is 24.0 Å². The number of ether oxygens (including phenoxy) is 4. The van der Waals surface area contributed by atoms with Crippen LogP contribution in [-0.2, 0) is 42.9 Å². The lowest BCUT2D eigenvalue weighted by Crippen LogP contribution is -2.22. The van der Waals surface area contributed by atoms with E-state index >= 15 is 0 Å². The number of benzene rings is 5. The molecule has 0 spiro atoms. The lowest BCUT2D eigenvalue weighted by Gasteiger charge is -2.23. The highest BCUT2D eigenvalue weighted by Crippen LogP contribution is 2.44. The number of hydrogen-bond donors (Lipinski definition) is 6. The first kappa shape index (κ1) is 86.7. The van der Waals surface area contributed by atoms with Gasteiger partial charge in [-0.2, -0.15) is 0 Å². The molecule has 0 bridgehead atoms. The highest BCUT2D eigenvalue weighted by molar-refractivity contribution is 5.88. The van der Waals surface area contributed by atoms with E-state index in [-0.39, 0.29) is 125 Å². The number of esters is 4. The molecule has 5 unspecified atom stereocenters. The van der Waals surface area contributed by atoms with Crippen molar-refractivity contribution in [2.24, 2.45) is 5.92 Å². The van der Waals surface area contributed by atoms with Crippen LogP contribution in [0.25, 0.3) is 54.8 Å². The van der Waals surface area contributed by atoms with Gasteiger partial charge in [0.1, 0.15) is 56.7 Å². The maximum atomic E-state index is 12.6. The molecule has 10 aromatic rings. The van der Waals surface area contributed by atoms with Gasteiger partial charge >= 0.3 is 58.0 Å². The number of carboxylic acid groups (broad SMARTS) is 1. The number of hydrogen-bond acceptors (Lipinski definition) is 24. The molecule has 25 nitrogen and oxygen atoms in total. The molecule has 0 aliphatic heterocycles. The first-order valence-electron chi connectivity index (χ1n) is 37.9. The normalized spacial score (nSPS) is 13.2. The van der Waals surface area contributed by atoms with Crippen LogP contribution in [0.5, 0.6) is 28.7 Å². The third kappa shape index (κ3) is 23.0. The molecule has 111 heavy (non-hydrogen) atoms. The Morgan fingerprint density at radius 2 is 0.622 bits per heavy atom. The van der Waals surface area contributed by atoms with Crippen molar-refractivity contribution < 1.29 is 95.6 Å². The van der Waals surface area contributed by atoms with Crippen molar-refractivity contribution in [2.45, 2.75) is 200 Å². The molecular formula is C86H100O25. The highest BCUT2D eigenvalue weighted by Gasteiger charge is 2.35. The zero-order valence-electron chi connectivity index (χ0n) is 64.0. The van der Waals surface area contributed by atoms with E-state index < -0.39 is 63.7 Å². The van der Waals surface area contributed by atoms with Gasteiger partial charge in [-0.3, -0.25) is 24.0 Å². The van der Waals surface area contributed by atoms with E-state index in [1.165, 1.54) is 7.11 Å². The zero-order valence-corrected chi connectivity index (χ0v) is 64.0. The summed E-state index contributed by atoms with van der Waals surface area (Å²) in [7, 11) is 1.30. The maximum Gasteiger partial charge on any atom is 0.343 e. The van der Waals surface area contributed by atoms with Crippen molar-refractivity contribution in [2.75, 3.05) is 26.9 Å². The monoisotopic (exact) mass is 1530 g/mol. The summed E-state index contributed by atoms with van der Waals surface area (Å²) >= 11 is 0. The van der Waals surface area contributed by atoms with E-state index in [9.17, 15) is 73.5 Å². The molecule has 0 amide bonds. The summed E-state index contributed by atoms with van der Waals surface area (Å²) < 4.78 is 46.3. The molecule has 1 aliphatic rings. The van der Waals surface area contributed by atoms with Crippen LogP contribution in [-0.4, -0.2) is 87.4 Å². The van der Waals surface area contributed by atoms with E-state index in [1.54, 1.807) is 128 Å². The van der Waals surface area contributed by atoms with Crippen molar-refractivity contribution in [1.82, 2.24) is 0 Å². The summed E-state index contributed by atoms with van der Waals surface area (Å²) in [5.41, 5.74) is -0.607. The van der Waals surface area contributed by atoms with E-state index in [0.29, 0.717) is 100 Å². The number of carbonyl (C=O) groups is 5. The van der Waals surface area contributed by atoms with Crippen molar-refractivity contribution in [3.05, 3.63) is 201 Å². The molecule has 5 aromatic carbocycles. The third-order valence-corrected chi connectivity index (χ3v) is 19.1. The van der Waals surface area contributed by atoms with Crippen LogP contribution < -0.4 is 28.1 Å². The van der Waals surface area contributed by atoms with Gasteiger partial charge in [0.25, 0.3) is 0 Å². The Morgan fingerprint density at radius 1 is 0.360 bits per heavy atom. The molecule has 1 saturated carbocycles. The highest BCUT2D eigenvalue weighted by atomic mass is 16.5. The van der Waals surface area contributed by atoms with E-state index in [4.69, 9.17) is 41.4 Å². The molecule has 0 radical (unpaired) electrons. The summed E-state index contributed by atoms with van der Waals surface area (Å²) in [4.78, 5) is 120. The van der Waals surface area contributed by atoms with Gasteiger partial charge in [-0.05, 0) is 125 Å². The predicted octanol–water partition coefficient (Wildman–Crippen LogP) is 17.0. The molecule has 6 N–H and O–H groups in total. The van der Waals surface area contributed by atoms with Crippen LogP contribution >= 0.6 is 0 Å². The van der Waals surface area contributed by atoms with Gasteiger partial charge in [-0.1, -0.05) is 141 Å². The summed E-state index contributed by atoms with van der Waals surface area (Å²) in [5.74, 6) is -5.00. The van der Waals surface area contributed by atoms with Crippen molar-refractivity contribution in [1.29, 1.82) is 0 Å². The quantitative estimate of drug-likeness (QED) is 0.0144. The number of fused-ring (bicyclic) bond motifs is 5. The van der Waals surface area contributed by atoms with Crippen molar-refractivity contribution >= 4 is 84.7 Å². The zero-order chi connectivity index (χ0) is 80.8. The first-order chi connectivity index (χ1) is 53.4. The molecule has 1 fully saturated rings. The second-order valence-corrected chi connectivity index (χ2v) is 27.1. The van der Waals surface area contributed by atoms with E-state index in [0.717, 1.165) is 57.8 Å². The van der Waals surface area contributed by atoms with Crippen molar-refractivity contribution in [3.63, 3.8) is 0 Å². The number of aromatic hydroxyl groups is 5. The second-order valence-electron chi connectivity index (χ2n) is 27.1. The van der Waals surface area contributed by atoms with Crippen LogP contribution in [0.1, 0.15) is 228 Å². The predicted molar refractivity (Wildman–Crippen MR) is 418 cm³/mol. The molecular weight excluding hydrogens is 1430 g/mol. The molecule has 11 rings (SSSR count). The fraction of sp³-hybridized carbons (Fsp3) is 0.419. The molecule has 5 atom stereocenters. The van der Waals surface area contributed by atoms with Gasteiger partial charge in [0.15, 0.2) is 0 Å². The van der Waals surface area contributed by atoms with E-state index in [2.05, 4.69) is 4.74 Å². The molecule has 594 valence electrons. The Kier molecular flexibility index (Phi) is 33.6. The Morgan fingerprint density at radius 3 is 0.901 bits per heavy atom. The maximum absolute atomic E-state index is 12.6. The van der Waals surface area contributed by atoms with E-state index in [1.807, 2.05) is 41.5 Å². The Balaban J connectivity index is 0.000000193. The van der Waals surface area contributed by atoms with Crippen LogP contribution in [0.3, 0.4) is 0 Å². The smallest absolute Gasteiger partial charge is 0.343 e. The van der Waals surface area contributed by atoms with Crippen LogP contribution in [0.15, 0.2) is 167 Å². The third-order valence-electron chi connectivity index (χ3n) is 19.1.